The molecule has 1 aromatic carbocycles. The molecule has 1 saturated carbocycles. The molecule has 1 aromatic rings. The number of rotatable bonds is 6. The molecule has 2 rings (SSSR count). The Kier molecular flexibility index (Phi) is 5.27. The number of nitrogen functional groups attached to an aromatic ring is 1. The zero-order valence-corrected chi connectivity index (χ0v) is 12.1. The highest BCUT2D eigenvalue weighted by Crippen LogP contribution is 2.29. The molecular formula is C16H24N2O2. The second kappa shape index (κ2) is 7.17. The Bertz CT molecular complexity index is 448. The third kappa shape index (κ3) is 4.76. The summed E-state index contributed by atoms with van der Waals surface area (Å²) in [5.74, 6) is 2.24. The Labute approximate surface area is 120 Å². The van der Waals surface area contributed by atoms with Crippen LogP contribution in [0, 0.1) is 11.8 Å². The van der Waals surface area contributed by atoms with Crippen LogP contribution < -0.4 is 15.8 Å². The predicted molar refractivity (Wildman–Crippen MR) is 80.5 cm³/mol. The number of nitrogens with two attached hydrogens (primary N) is 1. The number of hydrogen-bond acceptors (Lipinski definition) is 3. The van der Waals surface area contributed by atoms with Crippen molar-refractivity contribution in [1.29, 1.82) is 0 Å². The lowest BCUT2D eigenvalue weighted by Gasteiger charge is -2.11. The summed E-state index contributed by atoms with van der Waals surface area (Å²) in [7, 11) is 0. The van der Waals surface area contributed by atoms with E-state index in [4.69, 9.17) is 10.5 Å². The molecule has 0 radical (unpaired) electrons. The van der Waals surface area contributed by atoms with Gasteiger partial charge >= 0.3 is 0 Å². The van der Waals surface area contributed by atoms with Crippen molar-refractivity contribution in [2.45, 2.75) is 32.6 Å². The maximum absolute atomic E-state index is 11.7. The van der Waals surface area contributed by atoms with E-state index in [-0.39, 0.29) is 5.91 Å². The molecule has 110 valence electrons. The monoisotopic (exact) mass is 276 g/mol. The molecule has 1 fully saturated rings. The van der Waals surface area contributed by atoms with Crippen LogP contribution in [0.4, 0.5) is 5.69 Å². The maximum Gasteiger partial charge on any atom is 0.223 e. The van der Waals surface area contributed by atoms with Crippen LogP contribution in [-0.4, -0.2) is 19.1 Å². The van der Waals surface area contributed by atoms with Gasteiger partial charge in [0.2, 0.25) is 5.91 Å². The van der Waals surface area contributed by atoms with Gasteiger partial charge in [0.1, 0.15) is 5.75 Å². The van der Waals surface area contributed by atoms with Crippen LogP contribution in [0.3, 0.4) is 0 Å². The van der Waals surface area contributed by atoms with Crippen LogP contribution in [0.2, 0.25) is 0 Å². The van der Waals surface area contributed by atoms with Gasteiger partial charge < -0.3 is 15.8 Å². The standard InChI is InChI=1S/C16H24N2O2/c1-12-5-6-13(9-12)11-18-16(19)7-8-20-15-4-2-3-14(17)10-15/h2-4,10,12-13H,5-9,11,17H2,1H3,(H,18,19). The number of carbonyl (C=O) groups excluding carboxylic acids is 1. The van der Waals surface area contributed by atoms with Crippen LogP contribution in [0.15, 0.2) is 24.3 Å². The number of benzene rings is 1. The fraction of sp³-hybridized carbons (Fsp3) is 0.562. The maximum atomic E-state index is 11.7. The highest BCUT2D eigenvalue weighted by Gasteiger charge is 2.21. The van der Waals surface area contributed by atoms with Gasteiger partial charge in [0.15, 0.2) is 0 Å². The Balaban J connectivity index is 1.60. The summed E-state index contributed by atoms with van der Waals surface area (Å²) < 4.78 is 5.51. The minimum Gasteiger partial charge on any atom is -0.493 e. The molecule has 1 amide bonds. The second-order valence-corrected chi connectivity index (χ2v) is 5.76. The van der Waals surface area contributed by atoms with Crippen molar-refractivity contribution in [2.75, 3.05) is 18.9 Å². The summed E-state index contributed by atoms with van der Waals surface area (Å²) >= 11 is 0. The number of anilines is 1. The van der Waals surface area contributed by atoms with Crippen molar-refractivity contribution in [2.24, 2.45) is 11.8 Å². The van der Waals surface area contributed by atoms with Gasteiger partial charge in [-0.3, -0.25) is 4.79 Å². The Hall–Kier alpha value is -1.71. The predicted octanol–water partition coefficient (Wildman–Crippen LogP) is 2.59. The lowest BCUT2D eigenvalue weighted by atomic mass is 10.1. The molecule has 0 heterocycles. The smallest absolute Gasteiger partial charge is 0.223 e. The van der Waals surface area contributed by atoms with E-state index in [1.165, 1.54) is 19.3 Å². The van der Waals surface area contributed by atoms with Crippen LogP contribution in [-0.2, 0) is 4.79 Å². The third-order valence-corrected chi connectivity index (χ3v) is 3.85. The van der Waals surface area contributed by atoms with E-state index < -0.39 is 0 Å². The molecule has 20 heavy (non-hydrogen) atoms. The van der Waals surface area contributed by atoms with Crippen molar-refractivity contribution in [3.8, 4) is 5.75 Å². The Morgan fingerprint density at radius 1 is 1.45 bits per heavy atom. The molecule has 0 saturated heterocycles. The fourth-order valence-corrected chi connectivity index (χ4v) is 2.72. The van der Waals surface area contributed by atoms with E-state index >= 15 is 0 Å². The van der Waals surface area contributed by atoms with Crippen molar-refractivity contribution >= 4 is 11.6 Å². The molecule has 0 bridgehead atoms. The zero-order chi connectivity index (χ0) is 14.4. The first-order valence-corrected chi connectivity index (χ1v) is 7.38. The molecule has 4 nitrogen and oxygen atoms in total. The van der Waals surface area contributed by atoms with E-state index in [1.807, 2.05) is 18.2 Å². The molecule has 1 aliphatic carbocycles. The van der Waals surface area contributed by atoms with Gasteiger partial charge in [-0.05, 0) is 36.8 Å². The van der Waals surface area contributed by atoms with E-state index in [9.17, 15) is 4.79 Å². The Morgan fingerprint density at radius 3 is 3.00 bits per heavy atom. The molecule has 2 atom stereocenters. The number of nitrogens with one attached hydrogen (secondary N) is 1. The number of ether oxygens (including phenoxy) is 1. The molecular weight excluding hydrogens is 252 g/mol. The van der Waals surface area contributed by atoms with Gasteiger partial charge in [0.05, 0.1) is 13.0 Å². The molecule has 0 spiro atoms. The minimum absolute atomic E-state index is 0.0634. The van der Waals surface area contributed by atoms with Crippen molar-refractivity contribution in [1.82, 2.24) is 5.32 Å². The summed E-state index contributed by atoms with van der Waals surface area (Å²) in [6, 6.07) is 7.25. The summed E-state index contributed by atoms with van der Waals surface area (Å²) in [5, 5.41) is 3.00. The van der Waals surface area contributed by atoms with Gasteiger partial charge in [-0.25, -0.2) is 0 Å². The fourth-order valence-electron chi connectivity index (χ4n) is 2.72. The van der Waals surface area contributed by atoms with Crippen LogP contribution >= 0.6 is 0 Å². The molecule has 3 N–H and O–H groups in total. The summed E-state index contributed by atoms with van der Waals surface area (Å²) in [6.45, 7) is 3.47. The van der Waals surface area contributed by atoms with Gasteiger partial charge in [-0.2, -0.15) is 0 Å². The van der Waals surface area contributed by atoms with Crippen molar-refractivity contribution < 1.29 is 9.53 Å². The van der Waals surface area contributed by atoms with E-state index in [0.29, 0.717) is 30.4 Å². The first kappa shape index (κ1) is 14.7. The SMILES string of the molecule is CC1CCC(CNC(=O)CCOc2cccc(N)c2)C1. The lowest BCUT2D eigenvalue weighted by molar-refractivity contribution is -0.121. The van der Waals surface area contributed by atoms with Crippen molar-refractivity contribution in [3.63, 3.8) is 0 Å². The number of amides is 1. The number of carbonyl (C=O) groups is 1. The highest BCUT2D eigenvalue weighted by molar-refractivity contribution is 5.76. The first-order chi connectivity index (χ1) is 9.63. The van der Waals surface area contributed by atoms with Crippen LogP contribution in [0.1, 0.15) is 32.6 Å². The average molecular weight is 276 g/mol. The molecule has 1 aliphatic rings. The third-order valence-electron chi connectivity index (χ3n) is 3.85. The summed E-state index contributed by atoms with van der Waals surface area (Å²) in [5.41, 5.74) is 6.33. The van der Waals surface area contributed by atoms with E-state index in [1.54, 1.807) is 6.07 Å². The van der Waals surface area contributed by atoms with Gasteiger partial charge in [-0.15, -0.1) is 0 Å². The van der Waals surface area contributed by atoms with E-state index in [0.717, 1.165) is 12.5 Å². The summed E-state index contributed by atoms with van der Waals surface area (Å²) in [4.78, 5) is 11.7. The molecule has 0 aromatic heterocycles. The molecule has 4 heteroatoms. The second-order valence-electron chi connectivity index (χ2n) is 5.76. The van der Waals surface area contributed by atoms with Gasteiger partial charge in [-0.1, -0.05) is 19.4 Å². The molecule has 0 aliphatic heterocycles. The average Bonchev–Trinajstić information content (AvgIpc) is 2.82. The zero-order valence-electron chi connectivity index (χ0n) is 12.1. The summed E-state index contributed by atoms with van der Waals surface area (Å²) in [6.07, 6.45) is 4.15. The number of hydrogen-bond donors (Lipinski definition) is 2. The lowest BCUT2D eigenvalue weighted by Crippen LogP contribution is -2.29. The largest absolute Gasteiger partial charge is 0.493 e. The normalized spacial score (nSPS) is 21.6. The van der Waals surface area contributed by atoms with Crippen LogP contribution in [0.25, 0.3) is 0 Å². The van der Waals surface area contributed by atoms with E-state index in [2.05, 4.69) is 12.2 Å². The van der Waals surface area contributed by atoms with Crippen molar-refractivity contribution in [3.05, 3.63) is 24.3 Å². The first-order valence-electron chi connectivity index (χ1n) is 7.38. The van der Waals surface area contributed by atoms with Gasteiger partial charge in [0, 0.05) is 18.3 Å². The Morgan fingerprint density at radius 2 is 2.30 bits per heavy atom. The highest BCUT2D eigenvalue weighted by atomic mass is 16.5. The van der Waals surface area contributed by atoms with Gasteiger partial charge in [0.25, 0.3) is 0 Å². The minimum atomic E-state index is 0.0634. The quantitative estimate of drug-likeness (QED) is 0.785. The van der Waals surface area contributed by atoms with Crippen LogP contribution in [0.5, 0.6) is 5.75 Å². The topological polar surface area (TPSA) is 64.3 Å². The molecule has 2 unspecified atom stereocenters.